The minimum Gasteiger partial charge on any atom is -0.369 e. The average Bonchev–Trinajstić information content (AvgIpc) is 2.17. The number of rotatable bonds is 5. The molecule has 3 heteroatoms. The Bertz CT molecular complexity index is 230. The lowest BCUT2D eigenvalue weighted by molar-refractivity contribution is 0.760. The van der Waals surface area contributed by atoms with E-state index in [1.165, 1.54) is 12.8 Å². The van der Waals surface area contributed by atoms with Crippen LogP contribution in [0.2, 0.25) is 0 Å². The van der Waals surface area contributed by atoms with E-state index in [9.17, 15) is 0 Å². The van der Waals surface area contributed by atoms with E-state index in [2.05, 4.69) is 22.4 Å². The number of unbranched alkanes of at least 4 members (excludes halogenated alkanes) is 1. The van der Waals surface area contributed by atoms with Crippen LogP contribution in [-0.2, 0) is 6.42 Å². The molecular weight excluding hydrogens is 162 g/mol. The zero-order chi connectivity index (χ0) is 9.52. The second-order valence-corrected chi connectivity index (χ2v) is 3.04. The summed E-state index contributed by atoms with van der Waals surface area (Å²) in [7, 11) is 0. The quantitative estimate of drug-likeness (QED) is 0.753. The first-order chi connectivity index (χ1) is 6.36. The van der Waals surface area contributed by atoms with E-state index >= 15 is 0 Å². The molecule has 0 amide bonds. The molecule has 72 valence electrons. The number of hydrogen-bond acceptors (Lipinski definition) is 3. The zero-order valence-electron chi connectivity index (χ0n) is 8.38. The highest BCUT2D eigenvalue weighted by atomic mass is 15.2. The van der Waals surface area contributed by atoms with Crippen LogP contribution in [0.25, 0.3) is 0 Å². The molecular formula is C10H17N3. The molecule has 1 N–H and O–H groups in total. The number of anilines is 1. The first-order valence-corrected chi connectivity index (χ1v) is 4.93. The number of aromatic nitrogens is 2. The summed E-state index contributed by atoms with van der Waals surface area (Å²) in [6, 6.07) is 4.03. The van der Waals surface area contributed by atoms with Crippen molar-refractivity contribution in [2.24, 2.45) is 0 Å². The van der Waals surface area contributed by atoms with Crippen LogP contribution >= 0.6 is 0 Å². The first kappa shape index (κ1) is 9.96. The maximum Gasteiger partial charge on any atom is 0.148 e. The Morgan fingerprint density at radius 1 is 1.23 bits per heavy atom. The van der Waals surface area contributed by atoms with Gasteiger partial charge in [-0.25, -0.2) is 0 Å². The van der Waals surface area contributed by atoms with E-state index in [-0.39, 0.29) is 0 Å². The molecule has 1 heterocycles. The van der Waals surface area contributed by atoms with Gasteiger partial charge in [-0.3, -0.25) is 0 Å². The van der Waals surface area contributed by atoms with E-state index in [4.69, 9.17) is 0 Å². The summed E-state index contributed by atoms with van der Waals surface area (Å²) in [6.45, 7) is 5.12. The predicted octanol–water partition coefficient (Wildman–Crippen LogP) is 2.25. The normalized spacial score (nSPS) is 10.0. The van der Waals surface area contributed by atoms with Gasteiger partial charge in [-0.15, -0.1) is 5.10 Å². The first-order valence-electron chi connectivity index (χ1n) is 4.93. The van der Waals surface area contributed by atoms with Gasteiger partial charge < -0.3 is 5.32 Å². The molecule has 0 unspecified atom stereocenters. The number of hydrogen-bond donors (Lipinski definition) is 1. The smallest absolute Gasteiger partial charge is 0.148 e. The van der Waals surface area contributed by atoms with Gasteiger partial charge in [0.25, 0.3) is 0 Å². The molecule has 1 aromatic rings. The Hall–Kier alpha value is -1.12. The van der Waals surface area contributed by atoms with Crippen molar-refractivity contribution >= 4 is 5.82 Å². The summed E-state index contributed by atoms with van der Waals surface area (Å²) >= 11 is 0. The summed E-state index contributed by atoms with van der Waals surface area (Å²) in [6.07, 6.45) is 3.43. The van der Waals surface area contributed by atoms with Crippen molar-refractivity contribution in [1.29, 1.82) is 0 Å². The highest BCUT2D eigenvalue weighted by Crippen LogP contribution is 2.04. The molecule has 0 spiro atoms. The third kappa shape index (κ3) is 3.40. The lowest BCUT2D eigenvalue weighted by Crippen LogP contribution is -2.01. The van der Waals surface area contributed by atoms with Crippen molar-refractivity contribution < 1.29 is 0 Å². The van der Waals surface area contributed by atoms with Gasteiger partial charge in [0.15, 0.2) is 0 Å². The SMILES string of the molecule is CCCCc1ccc(NCC)nn1. The van der Waals surface area contributed by atoms with Gasteiger partial charge >= 0.3 is 0 Å². The summed E-state index contributed by atoms with van der Waals surface area (Å²) in [5.41, 5.74) is 1.09. The Kier molecular flexibility index (Phi) is 4.23. The summed E-state index contributed by atoms with van der Waals surface area (Å²) in [5, 5.41) is 11.3. The highest BCUT2D eigenvalue weighted by Gasteiger charge is 1.95. The monoisotopic (exact) mass is 179 g/mol. The molecule has 0 aromatic carbocycles. The van der Waals surface area contributed by atoms with Crippen LogP contribution in [0, 0.1) is 0 Å². The second-order valence-electron chi connectivity index (χ2n) is 3.04. The van der Waals surface area contributed by atoms with Gasteiger partial charge in [0.05, 0.1) is 5.69 Å². The average molecular weight is 179 g/mol. The minimum absolute atomic E-state index is 0.864. The molecule has 0 atom stereocenters. The molecule has 0 radical (unpaired) electrons. The molecule has 0 aliphatic rings. The second kappa shape index (κ2) is 5.51. The van der Waals surface area contributed by atoms with Crippen LogP contribution in [0.4, 0.5) is 5.82 Å². The van der Waals surface area contributed by atoms with E-state index in [0.29, 0.717) is 0 Å². The molecule has 0 aliphatic carbocycles. The predicted molar refractivity (Wildman–Crippen MR) is 54.8 cm³/mol. The molecule has 1 rings (SSSR count). The third-order valence-corrected chi connectivity index (χ3v) is 1.86. The summed E-state index contributed by atoms with van der Waals surface area (Å²) in [5.74, 6) is 0.864. The molecule has 13 heavy (non-hydrogen) atoms. The topological polar surface area (TPSA) is 37.8 Å². The minimum atomic E-state index is 0.864. The summed E-state index contributed by atoms with van der Waals surface area (Å²) in [4.78, 5) is 0. The third-order valence-electron chi connectivity index (χ3n) is 1.86. The maximum atomic E-state index is 4.12. The van der Waals surface area contributed by atoms with Crippen molar-refractivity contribution in [1.82, 2.24) is 10.2 Å². The Morgan fingerprint density at radius 3 is 2.62 bits per heavy atom. The van der Waals surface area contributed by atoms with Crippen LogP contribution in [0.1, 0.15) is 32.4 Å². The number of nitrogens with zero attached hydrogens (tertiary/aromatic N) is 2. The van der Waals surface area contributed by atoms with Crippen LogP contribution in [0.3, 0.4) is 0 Å². The molecule has 1 aromatic heterocycles. The van der Waals surface area contributed by atoms with E-state index < -0.39 is 0 Å². The van der Waals surface area contributed by atoms with Gasteiger partial charge in [0, 0.05) is 6.54 Å². The van der Waals surface area contributed by atoms with Gasteiger partial charge in [-0.2, -0.15) is 5.10 Å². The van der Waals surface area contributed by atoms with Crippen LogP contribution in [0.15, 0.2) is 12.1 Å². The molecule has 0 aliphatic heterocycles. The Labute approximate surface area is 79.6 Å². The van der Waals surface area contributed by atoms with Gasteiger partial charge in [-0.05, 0) is 31.9 Å². The maximum absolute atomic E-state index is 4.12. The lowest BCUT2D eigenvalue weighted by atomic mass is 10.2. The van der Waals surface area contributed by atoms with Crippen molar-refractivity contribution in [3.63, 3.8) is 0 Å². The van der Waals surface area contributed by atoms with Crippen LogP contribution in [0.5, 0.6) is 0 Å². The fourth-order valence-corrected chi connectivity index (χ4v) is 1.13. The standard InChI is InChI=1S/C10H17N3/c1-3-5-6-9-7-8-10(11-4-2)13-12-9/h7-8H,3-6H2,1-2H3,(H,11,13). The molecule has 0 saturated heterocycles. The van der Waals surface area contributed by atoms with E-state index in [0.717, 1.165) is 24.5 Å². The van der Waals surface area contributed by atoms with Gasteiger partial charge in [0.1, 0.15) is 5.82 Å². The summed E-state index contributed by atoms with van der Waals surface area (Å²) < 4.78 is 0. The molecule has 0 bridgehead atoms. The molecule has 0 fully saturated rings. The van der Waals surface area contributed by atoms with Crippen LogP contribution in [-0.4, -0.2) is 16.7 Å². The van der Waals surface area contributed by atoms with E-state index in [1.807, 2.05) is 19.1 Å². The van der Waals surface area contributed by atoms with Crippen molar-refractivity contribution in [3.05, 3.63) is 17.8 Å². The zero-order valence-corrected chi connectivity index (χ0v) is 8.38. The Balaban J connectivity index is 2.48. The van der Waals surface area contributed by atoms with Crippen molar-refractivity contribution in [3.8, 4) is 0 Å². The number of nitrogens with one attached hydrogen (secondary N) is 1. The largest absolute Gasteiger partial charge is 0.369 e. The van der Waals surface area contributed by atoms with Crippen molar-refractivity contribution in [2.75, 3.05) is 11.9 Å². The number of aryl methyl sites for hydroxylation is 1. The molecule has 0 saturated carbocycles. The molecule has 3 nitrogen and oxygen atoms in total. The highest BCUT2D eigenvalue weighted by molar-refractivity contribution is 5.32. The van der Waals surface area contributed by atoms with Gasteiger partial charge in [-0.1, -0.05) is 13.3 Å². The van der Waals surface area contributed by atoms with E-state index in [1.54, 1.807) is 0 Å². The Morgan fingerprint density at radius 2 is 2.08 bits per heavy atom. The van der Waals surface area contributed by atoms with Gasteiger partial charge in [0.2, 0.25) is 0 Å². The fraction of sp³-hybridized carbons (Fsp3) is 0.600. The fourth-order valence-electron chi connectivity index (χ4n) is 1.13. The van der Waals surface area contributed by atoms with Crippen LogP contribution < -0.4 is 5.32 Å². The lowest BCUT2D eigenvalue weighted by Gasteiger charge is -2.01. The van der Waals surface area contributed by atoms with Crippen molar-refractivity contribution in [2.45, 2.75) is 33.1 Å².